The zero-order chi connectivity index (χ0) is 13.1. The van der Waals surface area contributed by atoms with Crippen LogP contribution in [0.4, 0.5) is 4.39 Å². The molecule has 0 aliphatic carbocycles. The Morgan fingerprint density at radius 1 is 1.39 bits per heavy atom. The maximum absolute atomic E-state index is 12.7. The van der Waals surface area contributed by atoms with Crippen molar-refractivity contribution in [3.63, 3.8) is 0 Å². The first-order valence-electron chi connectivity index (χ1n) is 5.38. The molecule has 6 heteroatoms. The molecule has 2 amide bonds. The number of halogens is 1. The number of nitrogens with one attached hydrogen (secondary N) is 1. The first kappa shape index (κ1) is 12.2. The molecule has 1 heterocycles. The summed E-state index contributed by atoms with van der Waals surface area (Å²) in [5.41, 5.74) is 0.272. The lowest BCUT2D eigenvalue weighted by atomic mass is 10.2. The third kappa shape index (κ3) is 2.53. The van der Waals surface area contributed by atoms with Gasteiger partial charge in [-0.25, -0.2) is 4.39 Å². The van der Waals surface area contributed by atoms with E-state index >= 15 is 0 Å². The van der Waals surface area contributed by atoms with Gasteiger partial charge in [0.05, 0.1) is 6.54 Å². The van der Waals surface area contributed by atoms with Crippen molar-refractivity contribution in [2.75, 3.05) is 13.1 Å². The summed E-state index contributed by atoms with van der Waals surface area (Å²) in [5.74, 6) is -1.10. The number of rotatable bonds is 3. The Bertz CT molecular complexity index is 487. The molecule has 2 rings (SSSR count). The van der Waals surface area contributed by atoms with Crippen LogP contribution in [-0.4, -0.2) is 42.1 Å². The van der Waals surface area contributed by atoms with Crippen LogP contribution >= 0.6 is 0 Å². The Labute approximate surface area is 103 Å². The highest BCUT2D eigenvalue weighted by Gasteiger charge is 2.31. The molecule has 1 N–H and O–H groups in total. The number of carbonyl (C=O) groups is 3. The van der Waals surface area contributed by atoms with E-state index in [0.29, 0.717) is 6.41 Å². The van der Waals surface area contributed by atoms with Gasteiger partial charge in [0, 0.05) is 12.1 Å². The minimum Gasteiger partial charge on any atom is -0.340 e. The SMILES string of the molecule is O=CN1CC(=O)C(NC(=O)c2ccc(F)cc2)C1. The summed E-state index contributed by atoms with van der Waals surface area (Å²) in [6.07, 6.45) is 0.571. The van der Waals surface area contributed by atoms with Gasteiger partial charge in [-0.05, 0) is 24.3 Å². The van der Waals surface area contributed by atoms with E-state index in [9.17, 15) is 18.8 Å². The largest absolute Gasteiger partial charge is 0.340 e. The van der Waals surface area contributed by atoms with Crippen LogP contribution < -0.4 is 5.32 Å². The van der Waals surface area contributed by atoms with Crippen LogP contribution in [0.25, 0.3) is 0 Å². The van der Waals surface area contributed by atoms with Gasteiger partial charge in [-0.3, -0.25) is 14.4 Å². The Morgan fingerprint density at radius 2 is 2.06 bits per heavy atom. The number of likely N-dealkylation sites (tertiary alicyclic amines) is 1. The van der Waals surface area contributed by atoms with Gasteiger partial charge in [0.25, 0.3) is 5.91 Å². The van der Waals surface area contributed by atoms with E-state index in [0.717, 1.165) is 0 Å². The number of amides is 2. The van der Waals surface area contributed by atoms with E-state index in [-0.39, 0.29) is 24.4 Å². The molecule has 0 aromatic heterocycles. The van der Waals surface area contributed by atoms with Gasteiger partial charge in [-0.1, -0.05) is 0 Å². The lowest BCUT2D eigenvalue weighted by molar-refractivity contribution is -0.122. The van der Waals surface area contributed by atoms with E-state index < -0.39 is 17.8 Å². The standard InChI is InChI=1S/C12H11FN2O3/c13-9-3-1-8(2-4-9)12(18)14-10-5-15(7-16)6-11(10)17/h1-4,7,10H,5-6H2,(H,14,18). The second-order valence-corrected chi connectivity index (χ2v) is 4.03. The smallest absolute Gasteiger partial charge is 0.251 e. The molecule has 1 aliphatic rings. The molecule has 1 unspecified atom stereocenters. The van der Waals surface area contributed by atoms with Gasteiger partial charge in [-0.2, -0.15) is 0 Å². The number of Topliss-reactive ketones (excluding diaryl/α,β-unsaturated/α-hetero) is 1. The number of carbonyl (C=O) groups excluding carboxylic acids is 3. The molecule has 5 nitrogen and oxygen atoms in total. The van der Waals surface area contributed by atoms with Crippen LogP contribution in [-0.2, 0) is 9.59 Å². The van der Waals surface area contributed by atoms with Crippen LogP contribution in [0.1, 0.15) is 10.4 Å². The zero-order valence-corrected chi connectivity index (χ0v) is 9.43. The molecule has 0 spiro atoms. The molecule has 1 aromatic rings. The lowest BCUT2D eigenvalue weighted by Crippen LogP contribution is -2.40. The number of nitrogens with zero attached hydrogens (tertiary/aromatic N) is 1. The molecule has 1 aromatic carbocycles. The van der Waals surface area contributed by atoms with Gasteiger partial charge < -0.3 is 10.2 Å². The average molecular weight is 250 g/mol. The van der Waals surface area contributed by atoms with Gasteiger partial charge in [0.15, 0.2) is 5.78 Å². The quantitative estimate of drug-likeness (QED) is 0.766. The van der Waals surface area contributed by atoms with Crippen LogP contribution in [0.5, 0.6) is 0 Å². The summed E-state index contributed by atoms with van der Waals surface area (Å²) < 4.78 is 12.7. The number of hydrogen-bond donors (Lipinski definition) is 1. The number of benzene rings is 1. The maximum atomic E-state index is 12.7. The first-order chi connectivity index (χ1) is 8.60. The lowest BCUT2D eigenvalue weighted by Gasteiger charge is -2.11. The van der Waals surface area contributed by atoms with Crippen molar-refractivity contribution in [1.82, 2.24) is 10.2 Å². The molecular formula is C12H11FN2O3. The molecule has 0 saturated carbocycles. The molecule has 1 atom stereocenters. The minimum atomic E-state index is -0.687. The molecule has 94 valence electrons. The highest BCUT2D eigenvalue weighted by atomic mass is 19.1. The second-order valence-electron chi connectivity index (χ2n) is 4.03. The number of hydrogen-bond acceptors (Lipinski definition) is 3. The fourth-order valence-electron chi connectivity index (χ4n) is 1.76. The highest BCUT2D eigenvalue weighted by molar-refractivity contribution is 5.99. The Morgan fingerprint density at radius 3 is 2.61 bits per heavy atom. The van der Waals surface area contributed by atoms with E-state index in [1.54, 1.807) is 0 Å². The molecular weight excluding hydrogens is 239 g/mol. The summed E-state index contributed by atoms with van der Waals surface area (Å²) in [4.78, 5) is 35.0. The van der Waals surface area contributed by atoms with Gasteiger partial charge >= 0.3 is 0 Å². The van der Waals surface area contributed by atoms with E-state index in [4.69, 9.17) is 0 Å². The highest BCUT2D eigenvalue weighted by Crippen LogP contribution is 2.06. The second kappa shape index (κ2) is 4.95. The topological polar surface area (TPSA) is 66.5 Å². The summed E-state index contributed by atoms with van der Waals surface area (Å²) in [7, 11) is 0. The summed E-state index contributed by atoms with van der Waals surface area (Å²) >= 11 is 0. The van der Waals surface area contributed by atoms with Crippen molar-refractivity contribution in [3.8, 4) is 0 Å². The van der Waals surface area contributed by atoms with Crippen molar-refractivity contribution in [3.05, 3.63) is 35.6 Å². The van der Waals surface area contributed by atoms with Gasteiger partial charge in [0.1, 0.15) is 11.9 Å². The van der Waals surface area contributed by atoms with Crippen molar-refractivity contribution < 1.29 is 18.8 Å². The maximum Gasteiger partial charge on any atom is 0.251 e. The third-order valence-corrected chi connectivity index (χ3v) is 2.73. The molecule has 0 bridgehead atoms. The van der Waals surface area contributed by atoms with E-state index in [2.05, 4.69) is 5.32 Å². The molecule has 18 heavy (non-hydrogen) atoms. The van der Waals surface area contributed by atoms with Crippen molar-refractivity contribution in [2.24, 2.45) is 0 Å². The van der Waals surface area contributed by atoms with Crippen LogP contribution in [0.2, 0.25) is 0 Å². The Hall–Kier alpha value is -2.24. The molecule has 1 fully saturated rings. The summed E-state index contributed by atoms with van der Waals surface area (Å²) in [5, 5.41) is 2.52. The fraction of sp³-hybridized carbons (Fsp3) is 0.250. The number of ketones is 1. The molecule has 1 saturated heterocycles. The van der Waals surface area contributed by atoms with Gasteiger partial charge in [0.2, 0.25) is 6.41 Å². The van der Waals surface area contributed by atoms with Crippen LogP contribution in [0.3, 0.4) is 0 Å². The normalized spacial score (nSPS) is 18.8. The summed E-state index contributed by atoms with van der Waals surface area (Å²) in [6.45, 7) is 0.188. The Kier molecular flexibility index (Phi) is 3.36. The first-order valence-corrected chi connectivity index (χ1v) is 5.38. The van der Waals surface area contributed by atoms with Crippen LogP contribution in [0, 0.1) is 5.82 Å². The predicted octanol–water partition coefficient (Wildman–Crippen LogP) is -0.0348. The summed E-state index contributed by atoms with van der Waals surface area (Å²) in [6, 6.07) is 4.32. The van der Waals surface area contributed by atoms with Gasteiger partial charge in [-0.15, -0.1) is 0 Å². The van der Waals surface area contributed by atoms with E-state index in [1.807, 2.05) is 0 Å². The molecule has 1 aliphatic heterocycles. The monoisotopic (exact) mass is 250 g/mol. The third-order valence-electron chi connectivity index (χ3n) is 2.73. The predicted molar refractivity (Wildman–Crippen MR) is 60.3 cm³/mol. The van der Waals surface area contributed by atoms with Crippen LogP contribution in [0.15, 0.2) is 24.3 Å². The van der Waals surface area contributed by atoms with Crippen molar-refractivity contribution >= 4 is 18.1 Å². The average Bonchev–Trinajstić information content (AvgIpc) is 2.71. The van der Waals surface area contributed by atoms with Crippen molar-refractivity contribution in [1.29, 1.82) is 0 Å². The zero-order valence-electron chi connectivity index (χ0n) is 9.43. The molecule has 0 radical (unpaired) electrons. The van der Waals surface area contributed by atoms with Crippen molar-refractivity contribution in [2.45, 2.75) is 6.04 Å². The fourth-order valence-corrected chi connectivity index (χ4v) is 1.76. The van der Waals surface area contributed by atoms with E-state index in [1.165, 1.54) is 29.2 Å². The Balaban J connectivity index is 2.01. The minimum absolute atomic E-state index is 0.0118.